The van der Waals surface area contributed by atoms with Gasteiger partial charge in [0.15, 0.2) is 5.82 Å². The van der Waals surface area contributed by atoms with E-state index in [4.69, 9.17) is 23.9 Å². The Bertz CT molecular complexity index is 2650. The minimum Gasteiger partial charge on any atom is -0.491 e. The van der Waals surface area contributed by atoms with E-state index in [2.05, 4.69) is 15.4 Å². The summed E-state index contributed by atoms with van der Waals surface area (Å²) in [6.07, 6.45) is 7.65. The highest BCUT2D eigenvalue weighted by Crippen LogP contribution is 2.46. The van der Waals surface area contributed by atoms with Crippen LogP contribution in [0.15, 0.2) is 89.4 Å². The van der Waals surface area contributed by atoms with Crippen LogP contribution in [0.4, 0.5) is 10.1 Å². The lowest BCUT2D eigenvalue weighted by atomic mass is 10.0. The van der Waals surface area contributed by atoms with Gasteiger partial charge in [-0.1, -0.05) is 37.1 Å². The number of benzene rings is 3. The van der Waals surface area contributed by atoms with Crippen molar-refractivity contribution in [3.8, 4) is 23.0 Å². The van der Waals surface area contributed by atoms with Crippen molar-refractivity contribution in [1.82, 2.24) is 24.9 Å². The van der Waals surface area contributed by atoms with E-state index in [0.29, 0.717) is 71.6 Å². The van der Waals surface area contributed by atoms with Gasteiger partial charge < -0.3 is 29.4 Å². The van der Waals surface area contributed by atoms with E-state index in [1.807, 2.05) is 74.5 Å². The zero-order valence-electron chi connectivity index (χ0n) is 34.5. The summed E-state index contributed by atoms with van der Waals surface area (Å²) in [5.74, 6) is -1.47. The number of hydrogen-bond donors (Lipinski definition) is 3. The van der Waals surface area contributed by atoms with Crippen molar-refractivity contribution in [3.63, 3.8) is 0 Å². The number of furan rings is 1. The summed E-state index contributed by atoms with van der Waals surface area (Å²) < 4.78 is 61.0. The Morgan fingerprint density at radius 3 is 2.52 bits per heavy atom. The first-order valence-corrected chi connectivity index (χ1v) is 22.9. The third-order valence-corrected chi connectivity index (χ3v) is 13.8. The first-order chi connectivity index (χ1) is 29.9. The molecule has 5 unspecified atom stereocenters. The highest BCUT2D eigenvalue weighted by molar-refractivity contribution is 7.91. The molecule has 14 nitrogen and oxygen atoms in total. The van der Waals surface area contributed by atoms with Crippen molar-refractivity contribution in [2.75, 3.05) is 11.9 Å². The van der Waals surface area contributed by atoms with Gasteiger partial charge in [0.25, 0.3) is 11.8 Å². The lowest BCUT2D eigenvalue weighted by Gasteiger charge is -2.30. The second-order valence-electron chi connectivity index (χ2n) is 17.0. The second-order valence-corrected chi connectivity index (χ2v) is 19.0. The monoisotopic (exact) mass is 864 g/mol. The summed E-state index contributed by atoms with van der Waals surface area (Å²) in [7, 11) is -3.92. The smallest absolute Gasteiger partial charge is 0.262 e. The van der Waals surface area contributed by atoms with E-state index in [1.165, 1.54) is 17.0 Å². The number of carbonyl (C=O) groups is 3. The molecule has 3 aromatic carbocycles. The van der Waals surface area contributed by atoms with E-state index in [9.17, 15) is 27.2 Å². The van der Waals surface area contributed by atoms with Crippen LogP contribution < -0.4 is 24.8 Å². The second kappa shape index (κ2) is 16.7. The predicted octanol–water partition coefficient (Wildman–Crippen LogP) is 6.80. The molecule has 62 heavy (non-hydrogen) atoms. The Kier molecular flexibility index (Phi) is 11.1. The molecule has 5 aromatic rings. The number of rotatable bonds is 10. The maximum Gasteiger partial charge on any atom is 0.262 e. The molecule has 4 heterocycles. The van der Waals surface area contributed by atoms with Gasteiger partial charge in [-0.15, -0.1) is 0 Å². The number of carbonyl (C=O) groups excluding carboxylic acids is 3. The Balaban J connectivity index is 1.07. The van der Waals surface area contributed by atoms with Crippen molar-refractivity contribution in [1.29, 1.82) is 0 Å². The molecular weight excluding hydrogens is 816 g/mol. The molecule has 16 heteroatoms. The van der Waals surface area contributed by atoms with Crippen molar-refractivity contribution < 1.29 is 41.1 Å². The van der Waals surface area contributed by atoms with Gasteiger partial charge in [0.05, 0.1) is 17.9 Å². The third kappa shape index (κ3) is 8.56. The van der Waals surface area contributed by atoms with Crippen molar-refractivity contribution in [3.05, 3.63) is 90.8 Å². The van der Waals surface area contributed by atoms with Gasteiger partial charge in [-0.3, -0.25) is 19.1 Å². The molecule has 3 amide bonds. The zero-order valence-corrected chi connectivity index (χ0v) is 35.3. The first kappa shape index (κ1) is 41.3. The first-order valence-electron chi connectivity index (χ1n) is 21.4. The number of anilines is 1. The number of sulfonamides is 1. The van der Waals surface area contributed by atoms with Gasteiger partial charge in [0.1, 0.15) is 46.4 Å². The van der Waals surface area contributed by atoms with Crippen molar-refractivity contribution >= 4 is 55.5 Å². The minimum absolute atomic E-state index is 0.0111. The molecular formula is C46H49FN6O8S. The highest BCUT2D eigenvalue weighted by atomic mass is 32.2. The standard InChI is InChI=1S/C46H49FN6O8S/c1-27(2)59-32-20-14-28(15-21-32)41-49-39-35-11-8-9-13-38(35)61-40(39)43(50-41)60-33-24-37-42(54)51-46(45(56)52-62(57,58)34-22-23-34)25-29(46)10-6-4-3-5-7-12-36(44(55)53(37)26-33)48-31-18-16-30(47)17-19-31/h6,8-11,13-21,27,29,33-34,36-37,48H,3-5,7,12,22-26H2,1-2H3,(H,51,54)(H,52,56)/b10-6-. The van der Waals surface area contributed by atoms with Gasteiger partial charge >= 0.3 is 0 Å². The maximum atomic E-state index is 14.8. The molecule has 3 N–H and O–H groups in total. The highest BCUT2D eigenvalue weighted by Gasteiger charge is 2.62. The van der Waals surface area contributed by atoms with E-state index < -0.39 is 62.5 Å². The average molecular weight is 865 g/mol. The number of ether oxygens (including phenoxy) is 2. The number of halogens is 1. The topological polar surface area (TPSA) is 182 Å². The summed E-state index contributed by atoms with van der Waals surface area (Å²) in [6, 6.07) is 18.7. The van der Waals surface area contributed by atoms with Crippen LogP contribution in [-0.2, 0) is 24.4 Å². The number of hydrogen-bond acceptors (Lipinski definition) is 11. The third-order valence-electron chi connectivity index (χ3n) is 12.0. The fraction of sp³-hybridized carbons (Fsp3) is 0.413. The average Bonchev–Trinajstić information content (AvgIpc) is 4.15. The van der Waals surface area contributed by atoms with Crippen molar-refractivity contribution in [2.45, 2.75) is 107 Å². The molecule has 2 aliphatic carbocycles. The lowest BCUT2D eigenvalue weighted by Crippen LogP contribution is -2.57. The minimum atomic E-state index is -3.92. The van der Waals surface area contributed by atoms with Crippen LogP contribution in [0.3, 0.4) is 0 Å². The van der Waals surface area contributed by atoms with Crippen molar-refractivity contribution in [2.24, 2.45) is 5.92 Å². The molecule has 5 atom stereocenters. The predicted molar refractivity (Wildman–Crippen MR) is 230 cm³/mol. The van der Waals surface area contributed by atoms with E-state index in [1.54, 1.807) is 12.1 Å². The summed E-state index contributed by atoms with van der Waals surface area (Å²) in [6.45, 7) is 3.87. The molecule has 9 rings (SSSR count). The molecule has 0 radical (unpaired) electrons. The van der Waals surface area contributed by atoms with Crippen LogP contribution in [0, 0.1) is 11.7 Å². The SMILES string of the molecule is CC(C)Oc1ccc(-c2nc(OC3CC4C(=O)NC5(C(=O)NS(=O)(=O)C6CC6)CC5/C=C\CCCCCC(Nc5ccc(F)cc5)C(=O)N4C3)c3oc4ccccc4c3n2)cc1. The number of amides is 3. The Labute approximate surface area is 358 Å². The number of aromatic nitrogens is 2. The van der Waals surface area contributed by atoms with Crippen LogP contribution in [0.1, 0.15) is 71.6 Å². The van der Waals surface area contributed by atoms with E-state index in [-0.39, 0.29) is 37.3 Å². The van der Waals surface area contributed by atoms with Gasteiger partial charge in [-0.25, -0.2) is 17.8 Å². The maximum absolute atomic E-state index is 14.8. The van der Waals surface area contributed by atoms with Crippen LogP contribution in [0.25, 0.3) is 33.5 Å². The van der Waals surface area contributed by atoms with Crippen LogP contribution in [0.5, 0.6) is 11.6 Å². The Hall–Kier alpha value is -6.03. The fourth-order valence-electron chi connectivity index (χ4n) is 8.48. The number of nitrogens with one attached hydrogen (secondary N) is 3. The summed E-state index contributed by atoms with van der Waals surface area (Å²) in [5, 5.41) is 6.32. The van der Waals surface area contributed by atoms with Crippen LogP contribution in [-0.4, -0.2) is 82.6 Å². The molecule has 1 saturated heterocycles. The molecule has 2 aliphatic heterocycles. The molecule has 324 valence electrons. The molecule has 0 bridgehead atoms. The van der Waals surface area contributed by atoms with Crippen LogP contribution in [0.2, 0.25) is 0 Å². The fourth-order valence-corrected chi connectivity index (χ4v) is 9.85. The number of nitrogens with zero attached hydrogens (tertiary/aromatic N) is 3. The van der Waals surface area contributed by atoms with Crippen LogP contribution >= 0.6 is 0 Å². The lowest BCUT2D eigenvalue weighted by molar-refractivity contribution is -0.140. The Morgan fingerprint density at radius 1 is 0.984 bits per heavy atom. The van der Waals surface area contributed by atoms with Gasteiger partial charge in [0, 0.05) is 29.0 Å². The quantitative estimate of drug-likeness (QED) is 0.126. The largest absolute Gasteiger partial charge is 0.491 e. The number of para-hydroxylation sites is 1. The zero-order chi connectivity index (χ0) is 43.2. The normalized spacial score (nSPS) is 25.0. The summed E-state index contributed by atoms with van der Waals surface area (Å²) in [5.41, 5.74) is 1.11. The summed E-state index contributed by atoms with van der Waals surface area (Å²) >= 11 is 0. The van der Waals surface area contributed by atoms with E-state index in [0.717, 1.165) is 18.2 Å². The molecule has 2 aromatic heterocycles. The van der Waals surface area contributed by atoms with Gasteiger partial charge in [-0.05, 0) is 113 Å². The number of allylic oxidation sites excluding steroid dienone is 1. The summed E-state index contributed by atoms with van der Waals surface area (Å²) in [4.78, 5) is 54.6. The van der Waals surface area contributed by atoms with Gasteiger partial charge in [0.2, 0.25) is 27.4 Å². The molecule has 2 saturated carbocycles. The number of fused-ring (bicyclic) bond motifs is 5. The van der Waals surface area contributed by atoms with E-state index >= 15 is 0 Å². The Morgan fingerprint density at radius 2 is 1.76 bits per heavy atom. The molecule has 4 aliphatic rings. The van der Waals surface area contributed by atoms with Gasteiger partial charge in [-0.2, -0.15) is 4.98 Å². The molecule has 3 fully saturated rings. The molecule has 0 spiro atoms.